The van der Waals surface area contributed by atoms with Crippen LogP contribution in [0.25, 0.3) is 0 Å². The SMILES string of the molecule is Cc1nc(CN2C(=O)c3cccn3[C@@H]3CN(Cc4cccc(F)c4)C[C@H]32)cs1. The lowest BCUT2D eigenvalue weighted by molar-refractivity contribution is 0.0553. The van der Waals surface area contributed by atoms with Crippen LogP contribution in [0.1, 0.15) is 32.8 Å². The lowest BCUT2D eigenvalue weighted by atomic mass is 10.1. The highest BCUT2D eigenvalue weighted by Gasteiger charge is 2.44. The van der Waals surface area contributed by atoms with Crippen molar-refractivity contribution in [3.05, 3.63) is 75.8 Å². The smallest absolute Gasteiger partial charge is 0.271 e. The van der Waals surface area contributed by atoms with E-state index in [0.717, 1.165) is 35.0 Å². The Bertz CT molecular complexity index is 1030. The quantitative estimate of drug-likeness (QED) is 0.678. The number of rotatable bonds is 4. The predicted octanol–water partition coefficient (Wildman–Crippen LogP) is 3.47. The summed E-state index contributed by atoms with van der Waals surface area (Å²) in [4.78, 5) is 22.0. The van der Waals surface area contributed by atoms with Gasteiger partial charge >= 0.3 is 0 Å². The van der Waals surface area contributed by atoms with Gasteiger partial charge in [0.25, 0.3) is 5.91 Å². The zero-order chi connectivity index (χ0) is 19.3. The number of thiazole rings is 1. The predicted molar refractivity (Wildman–Crippen MR) is 106 cm³/mol. The van der Waals surface area contributed by atoms with Crippen molar-refractivity contribution in [2.75, 3.05) is 13.1 Å². The number of carbonyl (C=O) groups excluding carboxylic acids is 1. The fraction of sp³-hybridized carbons (Fsp3) is 0.333. The maximum Gasteiger partial charge on any atom is 0.271 e. The molecule has 0 N–H and O–H groups in total. The summed E-state index contributed by atoms with van der Waals surface area (Å²) in [6, 6.07) is 10.9. The number of aryl methyl sites for hydroxylation is 1. The third-order valence-electron chi connectivity index (χ3n) is 5.65. The fourth-order valence-electron chi connectivity index (χ4n) is 4.46. The average Bonchev–Trinajstić information content (AvgIpc) is 3.38. The van der Waals surface area contributed by atoms with Crippen LogP contribution in [0.5, 0.6) is 0 Å². The lowest BCUT2D eigenvalue weighted by Gasteiger charge is -2.38. The molecule has 1 saturated heterocycles. The molecule has 0 radical (unpaired) electrons. The molecule has 2 atom stereocenters. The minimum absolute atomic E-state index is 0.0597. The van der Waals surface area contributed by atoms with Crippen LogP contribution in [0.3, 0.4) is 0 Å². The van der Waals surface area contributed by atoms with Gasteiger partial charge in [-0.2, -0.15) is 0 Å². The molecule has 144 valence electrons. The minimum Gasteiger partial charge on any atom is -0.337 e. The van der Waals surface area contributed by atoms with Crippen LogP contribution in [0.4, 0.5) is 4.39 Å². The van der Waals surface area contributed by atoms with E-state index in [1.165, 1.54) is 6.07 Å². The molecule has 0 spiro atoms. The number of aromatic nitrogens is 2. The standard InChI is InChI=1S/C21H21FN4OS/c1-14-23-17(13-28-14)10-26-20-12-24(9-15-4-2-5-16(22)8-15)11-19(20)25-7-3-6-18(25)21(26)27/h2-8,13,19-20H,9-12H2,1H3/t19-,20-/m1/s1. The first-order valence-corrected chi connectivity index (χ1v) is 10.3. The van der Waals surface area contributed by atoms with E-state index in [-0.39, 0.29) is 23.8 Å². The Morgan fingerprint density at radius 3 is 2.82 bits per heavy atom. The van der Waals surface area contributed by atoms with E-state index in [2.05, 4.69) is 14.5 Å². The van der Waals surface area contributed by atoms with Gasteiger partial charge in [-0.3, -0.25) is 9.69 Å². The molecule has 1 aromatic carbocycles. The number of carbonyl (C=O) groups is 1. The Hall–Kier alpha value is -2.51. The van der Waals surface area contributed by atoms with Gasteiger partial charge in [-0.05, 0) is 36.8 Å². The Labute approximate surface area is 167 Å². The highest BCUT2D eigenvalue weighted by molar-refractivity contribution is 7.09. The number of benzene rings is 1. The van der Waals surface area contributed by atoms with Crippen LogP contribution in [0, 0.1) is 12.7 Å². The van der Waals surface area contributed by atoms with E-state index < -0.39 is 0 Å². The van der Waals surface area contributed by atoms with Crippen LogP contribution < -0.4 is 0 Å². The average molecular weight is 396 g/mol. The second-order valence-corrected chi connectivity index (χ2v) is 8.61. The highest BCUT2D eigenvalue weighted by Crippen LogP contribution is 2.35. The Morgan fingerprint density at radius 2 is 2.04 bits per heavy atom. The zero-order valence-electron chi connectivity index (χ0n) is 15.6. The highest BCUT2D eigenvalue weighted by atomic mass is 32.1. The third kappa shape index (κ3) is 3.04. The first-order chi connectivity index (χ1) is 13.6. The molecule has 2 aliphatic heterocycles. The van der Waals surface area contributed by atoms with E-state index in [9.17, 15) is 9.18 Å². The summed E-state index contributed by atoms with van der Waals surface area (Å²) >= 11 is 1.61. The molecule has 2 aliphatic rings. The zero-order valence-corrected chi connectivity index (χ0v) is 16.4. The van der Waals surface area contributed by atoms with Gasteiger partial charge in [0.2, 0.25) is 0 Å². The van der Waals surface area contributed by atoms with Crippen molar-refractivity contribution in [1.82, 2.24) is 19.4 Å². The second-order valence-electron chi connectivity index (χ2n) is 7.55. The summed E-state index contributed by atoms with van der Waals surface area (Å²) in [6.45, 7) is 4.80. The van der Waals surface area contributed by atoms with Crippen molar-refractivity contribution in [1.29, 1.82) is 0 Å². The van der Waals surface area contributed by atoms with Gasteiger partial charge in [0.15, 0.2) is 0 Å². The van der Waals surface area contributed by atoms with E-state index >= 15 is 0 Å². The molecule has 5 nitrogen and oxygen atoms in total. The molecular formula is C21H21FN4OS. The molecule has 5 rings (SSSR count). The van der Waals surface area contributed by atoms with Crippen molar-refractivity contribution in [2.45, 2.75) is 32.1 Å². The number of hydrogen-bond donors (Lipinski definition) is 0. The third-order valence-corrected chi connectivity index (χ3v) is 6.47. The minimum atomic E-state index is -0.211. The molecule has 0 aliphatic carbocycles. The monoisotopic (exact) mass is 396 g/mol. The molecule has 28 heavy (non-hydrogen) atoms. The van der Waals surface area contributed by atoms with Gasteiger partial charge in [0, 0.05) is 31.2 Å². The first-order valence-electron chi connectivity index (χ1n) is 9.44. The normalized spacial score (nSPS) is 21.8. The van der Waals surface area contributed by atoms with Crippen molar-refractivity contribution in [3.63, 3.8) is 0 Å². The van der Waals surface area contributed by atoms with Gasteiger partial charge in [0.05, 0.1) is 29.3 Å². The van der Waals surface area contributed by atoms with Gasteiger partial charge in [-0.25, -0.2) is 9.37 Å². The van der Waals surface area contributed by atoms with Crippen LogP contribution >= 0.6 is 11.3 Å². The Kier molecular flexibility index (Phi) is 4.29. The summed E-state index contributed by atoms with van der Waals surface area (Å²) in [5.41, 5.74) is 2.64. The summed E-state index contributed by atoms with van der Waals surface area (Å²) in [5.74, 6) is -0.151. The first kappa shape index (κ1) is 17.6. The van der Waals surface area contributed by atoms with E-state index in [0.29, 0.717) is 13.1 Å². The topological polar surface area (TPSA) is 41.4 Å². The molecule has 1 fully saturated rings. The maximum atomic E-state index is 13.6. The summed E-state index contributed by atoms with van der Waals surface area (Å²) in [6.07, 6.45) is 2.00. The lowest BCUT2D eigenvalue weighted by Crippen LogP contribution is -2.49. The largest absolute Gasteiger partial charge is 0.337 e. The van der Waals surface area contributed by atoms with Crippen LogP contribution in [-0.4, -0.2) is 44.4 Å². The number of amides is 1. The fourth-order valence-corrected chi connectivity index (χ4v) is 5.06. The summed E-state index contributed by atoms with van der Waals surface area (Å²) in [7, 11) is 0. The van der Waals surface area contributed by atoms with Crippen molar-refractivity contribution in [3.8, 4) is 0 Å². The molecule has 3 aromatic rings. The summed E-state index contributed by atoms with van der Waals surface area (Å²) < 4.78 is 15.7. The van der Waals surface area contributed by atoms with Gasteiger partial charge in [0.1, 0.15) is 11.5 Å². The van der Waals surface area contributed by atoms with Gasteiger partial charge in [-0.1, -0.05) is 12.1 Å². The number of hydrogen-bond acceptors (Lipinski definition) is 4. The molecule has 4 heterocycles. The number of fused-ring (bicyclic) bond motifs is 3. The number of likely N-dealkylation sites (tertiary alicyclic amines) is 1. The van der Waals surface area contributed by atoms with Crippen molar-refractivity contribution < 1.29 is 9.18 Å². The molecule has 1 amide bonds. The van der Waals surface area contributed by atoms with E-state index in [1.807, 2.05) is 41.6 Å². The van der Waals surface area contributed by atoms with Crippen LogP contribution in [0.2, 0.25) is 0 Å². The Morgan fingerprint density at radius 1 is 1.18 bits per heavy atom. The van der Waals surface area contributed by atoms with Gasteiger partial charge in [-0.15, -0.1) is 11.3 Å². The molecular weight excluding hydrogens is 375 g/mol. The van der Waals surface area contributed by atoms with Crippen LogP contribution in [-0.2, 0) is 13.1 Å². The number of nitrogens with zero attached hydrogens (tertiary/aromatic N) is 4. The van der Waals surface area contributed by atoms with E-state index in [1.54, 1.807) is 23.5 Å². The molecule has 2 aromatic heterocycles. The molecule has 0 unspecified atom stereocenters. The van der Waals surface area contributed by atoms with Gasteiger partial charge < -0.3 is 9.47 Å². The second kappa shape index (κ2) is 6.83. The van der Waals surface area contributed by atoms with Crippen LogP contribution in [0.15, 0.2) is 48.0 Å². The molecule has 0 saturated carbocycles. The number of halogens is 1. The maximum absolute atomic E-state index is 13.6. The Balaban J connectivity index is 1.43. The molecule has 0 bridgehead atoms. The van der Waals surface area contributed by atoms with Crippen molar-refractivity contribution in [2.24, 2.45) is 0 Å². The molecule has 7 heteroatoms. The summed E-state index contributed by atoms with van der Waals surface area (Å²) in [5, 5.41) is 3.05. The van der Waals surface area contributed by atoms with Crippen molar-refractivity contribution >= 4 is 17.2 Å². The van der Waals surface area contributed by atoms with E-state index in [4.69, 9.17) is 0 Å².